The molecule has 1 aromatic rings. The van der Waals surface area contributed by atoms with Crippen molar-refractivity contribution in [2.75, 3.05) is 0 Å². The normalized spacial score (nSPS) is 13.4. The number of halogens is 5. The van der Waals surface area contributed by atoms with Crippen molar-refractivity contribution in [3.63, 3.8) is 0 Å². The standard InChI is InChI=1S/C8H6F5N/c9-3-1-2-4(10)6(11)5(3)7(14)8(12)13/h1-2,7-8H,14H2/t7-/m1/s1. The van der Waals surface area contributed by atoms with E-state index in [0.717, 1.165) is 0 Å². The minimum atomic E-state index is -3.15. The average molecular weight is 211 g/mol. The zero-order chi connectivity index (χ0) is 10.9. The average Bonchev–Trinajstić information content (AvgIpc) is 2.12. The molecule has 0 saturated heterocycles. The van der Waals surface area contributed by atoms with Gasteiger partial charge >= 0.3 is 0 Å². The first-order valence-electron chi connectivity index (χ1n) is 3.62. The van der Waals surface area contributed by atoms with Crippen LogP contribution in [0, 0.1) is 17.5 Å². The Morgan fingerprint density at radius 3 is 2.00 bits per heavy atom. The predicted molar refractivity (Wildman–Crippen MR) is 39.2 cm³/mol. The van der Waals surface area contributed by atoms with Crippen molar-refractivity contribution in [1.29, 1.82) is 0 Å². The topological polar surface area (TPSA) is 26.0 Å². The third-order valence-corrected chi connectivity index (χ3v) is 1.68. The smallest absolute Gasteiger partial charge is 0.257 e. The van der Waals surface area contributed by atoms with E-state index in [4.69, 9.17) is 5.73 Å². The summed E-state index contributed by atoms with van der Waals surface area (Å²) in [6.45, 7) is 0. The van der Waals surface area contributed by atoms with Crippen molar-refractivity contribution >= 4 is 0 Å². The van der Waals surface area contributed by atoms with Crippen molar-refractivity contribution < 1.29 is 22.0 Å². The van der Waals surface area contributed by atoms with Crippen LogP contribution in [0.15, 0.2) is 12.1 Å². The van der Waals surface area contributed by atoms with Crippen LogP contribution in [0.2, 0.25) is 0 Å². The molecule has 1 rings (SSSR count). The monoisotopic (exact) mass is 211 g/mol. The van der Waals surface area contributed by atoms with E-state index in [-0.39, 0.29) is 0 Å². The highest BCUT2D eigenvalue weighted by Crippen LogP contribution is 2.25. The highest BCUT2D eigenvalue weighted by atomic mass is 19.3. The molecule has 0 fully saturated rings. The molecule has 0 bridgehead atoms. The Hall–Kier alpha value is -1.17. The molecular weight excluding hydrogens is 205 g/mol. The van der Waals surface area contributed by atoms with E-state index in [9.17, 15) is 22.0 Å². The summed E-state index contributed by atoms with van der Waals surface area (Å²) in [7, 11) is 0. The zero-order valence-electron chi connectivity index (χ0n) is 6.78. The fraction of sp³-hybridized carbons (Fsp3) is 0.250. The molecule has 0 aliphatic carbocycles. The number of nitrogens with two attached hydrogens (primary N) is 1. The molecule has 78 valence electrons. The second-order valence-corrected chi connectivity index (χ2v) is 2.62. The van der Waals surface area contributed by atoms with Gasteiger partial charge in [-0.15, -0.1) is 0 Å². The van der Waals surface area contributed by atoms with E-state index in [2.05, 4.69) is 0 Å². The van der Waals surface area contributed by atoms with E-state index >= 15 is 0 Å². The maximum atomic E-state index is 12.8. The van der Waals surface area contributed by atoms with Gasteiger partial charge in [-0.05, 0) is 12.1 Å². The van der Waals surface area contributed by atoms with Crippen LogP contribution in [-0.4, -0.2) is 6.43 Å². The first-order valence-corrected chi connectivity index (χ1v) is 3.62. The highest BCUT2D eigenvalue weighted by Gasteiger charge is 2.26. The number of hydrogen-bond acceptors (Lipinski definition) is 1. The molecule has 0 spiro atoms. The summed E-state index contributed by atoms with van der Waals surface area (Å²) in [5.41, 5.74) is 3.69. The van der Waals surface area contributed by atoms with Crippen molar-refractivity contribution in [1.82, 2.24) is 0 Å². The van der Waals surface area contributed by atoms with Gasteiger partial charge in [-0.3, -0.25) is 0 Å². The zero-order valence-corrected chi connectivity index (χ0v) is 6.78. The number of hydrogen-bond donors (Lipinski definition) is 1. The van der Waals surface area contributed by atoms with E-state index in [1.165, 1.54) is 0 Å². The summed E-state index contributed by atoms with van der Waals surface area (Å²) in [5, 5.41) is 0. The van der Waals surface area contributed by atoms with Gasteiger partial charge in [0.05, 0.1) is 6.04 Å². The molecule has 0 aromatic heterocycles. The Morgan fingerprint density at radius 2 is 1.50 bits per heavy atom. The minimum Gasteiger partial charge on any atom is -0.319 e. The first kappa shape index (κ1) is 10.9. The molecule has 1 nitrogen and oxygen atoms in total. The lowest BCUT2D eigenvalue weighted by atomic mass is 10.1. The van der Waals surface area contributed by atoms with Crippen LogP contribution in [0.3, 0.4) is 0 Å². The molecule has 14 heavy (non-hydrogen) atoms. The van der Waals surface area contributed by atoms with Gasteiger partial charge in [-0.25, -0.2) is 22.0 Å². The molecule has 0 aliphatic rings. The fourth-order valence-corrected chi connectivity index (χ4v) is 0.974. The van der Waals surface area contributed by atoms with Gasteiger partial charge in [-0.1, -0.05) is 0 Å². The van der Waals surface area contributed by atoms with Gasteiger partial charge < -0.3 is 5.73 Å². The van der Waals surface area contributed by atoms with E-state index < -0.39 is 35.5 Å². The Balaban J connectivity index is 3.25. The van der Waals surface area contributed by atoms with Gasteiger partial charge in [0.25, 0.3) is 6.43 Å². The maximum absolute atomic E-state index is 12.8. The molecule has 0 unspecified atom stereocenters. The molecule has 6 heteroatoms. The lowest BCUT2D eigenvalue weighted by Crippen LogP contribution is -2.22. The molecule has 0 saturated carbocycles. The van der Waals surface area contributed by atoms with Crippen molar-refractivity contribution in [2.24, 2.45) is 5.73 Å². The summed E-state index contributed by atoms with van der Waals surface area (Å²) < 4.78 is 62.3. The molecule has 2 N–H and O–H groups in total. The summed E-state index contributed by atoms with van der Waals surface area (Å²) in [6.07, 6.45) is -3.15. The van der Waals surface area contributed by atoms with Gasteiger partial charge in [0.15, 0.2) is 11.6 Å². The quantitative estimate of drug-likeness (QED) is 0.589. The summed E-state index contributed by atoms with van der Waals surface area (Å²) in [4.78, 5) is 0. The van der Waals surface area contributed by atoms with Crippen LogP contribution in [0.25, 0.3) is 0 Å². The van der Waals surface area contributed by atoms with Crippen molar-refractivity contribution in [2.45, 2.75) is 12.5 Å². The van der Waals surface area contributed by atoms with Crippen LogP contribution in [0.4, 0.5) is 22.0 Å². The van der Waals surface area contributed by atoms with Crippen molar-refractivity contribution in [3.8, 4) is 0 Å². The molecule has 1 aromatic carbocycles. The van der Waals surface area contributed by atoms with Gasteiger partial charge in [0, 0.05) is 5.56 Å². The molecule has 0 amide bonds. The lowest BCUT2D eigenvalue weighted by Gasteiger charge is -2.12. The highest BCUT2D eigenvalue weighted by molar-refractivity contribution is 5.24. The number of rotatable bonds is 2. The van der Waals surface area contributed by atoms with Crippen LogP contribution in [0.1, 0.15) is 11.6 Å². The van der Waals surface area contributed by atoms with Gasteiger partial charge in [0.1, 0.15) is 5.82 Å². The summed E-state index contributed by atoms with van der Waals surface area (Å²) >= 11 is 0. The molecular formula is C8H6F5N. The Labute approximate surface area is 76.3 Å². The first-order chi connectivity index (χ1) is 6.45. The molecule has 0 radical (unpaired) electrons. The molecule has 0 heterocycles. The third kappa shape index (κ3) is 1.84. The van der Waals surface area contributed by atoms with Crippen LogP contribution in [-0.2, 0) is 0 Å². The van der Waals surface area contributed by atoms with E-state index in [0.29, 0.717) is 12.1 Å². The van der Waals surface area contributed by atoms with Crippen LogP contribution in [0.5, 0.6) is 0 Å². The summed E-state index contributed by atoms with van der Waals surface area (Å²) in [5.74, 6) is -4.35. The van der Waals surface area contributed by atoms with E-state index in [1.807, 2.05) is 0 Å². The number of alkyl halides is 2. The van der Waals surface area contributed by atoms with Gasteiger partial charge in [-0.2, -0.15) is 0 Å². The van der Waals surface area contributed by atoms with Crippen molar-refractivity contribution in [3.05, 3.63) is 35.1 Å². The SMILES string of the molecule is N[C@H](c1c(F)ccc(F)c1F)C(F)F. The Morgan fingerprint density at radius 1 is 1.00 bits per heavy atom. The predicted octanol–water partition coefficient (Wildman–Crippen LogP) is 2.37. The summed E-state index contributed by atoms with van der Waals surface area (Å²) in [6, 6.07) is -1.10. The third-order valence-electron chi connectivity index (χ3n) is 1.68. The largest absolute Gasteiger partial charge is 0.319 e. The van der Waals surface area contributed by atoms with Gasteiger partial charge in [0.2, 0.25) is 0 Å². The van der Waals surface area contributed by atoms with Crippen LogP contribution < -0.4 is 5.73 Å². The second kappa shape index (κ2) is 3.91. The second-order valence-electron chi connectivity index (χ2n) is 2.62. The molecule has 1 atom stereocenters. The molecule has 0 aliphatic heterocycles. The Bertz CT molecular complexity index is 339. The lowest BCUT2D eigenvalue weighted by molar-refractivity contribution is 0.112. The Kier molecular flexibility index (Phi) is 3.05. The fourth-order valence-electron chi connectivity index (χ4n) is 0.974. The maximum Gasteiger partial charge on any atom is 0.257 e. The van der Waals surface area contributed by atoms with Crippen LogP contribution >= 0.6 is 0 Å². The number of benzene rings is 1. The minimum absolute atomic E-state index is 0.506. The van der Waals surface area contributed by atoms with E-state index in [1.54, 1.807) is 0 Å².